The molecule has 0 aromatic heterocycles. The lowest BCUT2D eigenvalue weighted by molar-refractivity contribution is 0.157. The zero-order valence-electron chi connectivity index (χ0n) is 49.7. The number of methoxy groups -OCH3 is 1. The number of hydrogen-bond donors (Lipinski definition) is 5. The average Bonchev–Trinajstić information content (AvgIpc) is 3.40. The first-order valence-corrected chi connectivity index (χ1v) is 28.0. The van der Waals surface area contributed by atoms with Crippen LogP contribution in [0.2, 0.25) is 0 Å². The molecule has 0 saturated carbocycles. The third-order valence-electron chi connectivity index (χ3n) is 12.9. The zero-order valence-corrected chi connectivity index (χ0v) is 49.7. The summed E-state index contributed by atoms with van der Waals surface area (Å²) in [6.07, 6.45) is 6.21. The van der Waals surface area contributed by atoms with Crippen molar-refractivity contribution in [1.29, 1.82) is 0 Å². The van der Waals surface area contributed by atoms with Crippen molar-refractivity contribution in [3.8, 4) is 23.0 Å². The lowest BCUT2D eigenvalue weighted by Crippen LogP contribution is -2.01. The predicted molar refractivity (Wildman–Crippen MR) is 331 cm³/mol. The maximum Gasteiger partial charge on any atom is 0.119 e. The number of nitrogen functional groups attached to an aromatic ring is 1. The third kappa shape index (κ3) is 29.2. The van der Waals surface area contributed by atoms with Crippen LogP contribution in [-0.4, -0.2) is 27.5 Å². The fourth-order valence-corrected chi connectivity index (χ4v) is 7.56. The van der Waals surface area contributed by atoms with Gasteiger partial charge in [-0.1, -0.05) is 239 Å². The minimum atomic E-state index is -0.619. The minimum absolute atomic E-state index is 0.0161. The Hall–Kier alpha value is -6.24. The van der Waals surface area contributed by atoms with Crippen molar-refractivity contribution < 1.29 is 25.2 Å². The molecule has 7 aromatic carbocycles. The van der Waals surface area contributed by atoms with E-state index in [1.165, 1.54) is 76.1 Å². The molecule has 7 rings (SSSR count). The number of hydrogen-bond acceptors (Lipinski definition) is 6. The van der Waals surface area contributed by atoms with Crippen LogP contribution in [0.5, 0.6) is 23.0 Å². The Labute approximate surface area is 462 Å². The molecular weight excluding hydrogens is 935 g/mol. The summed E-state index contributed by atoms with van der Waals surface area (Å²) in [6.45, 7) is 32.9. The molecule has 2 atom stereocenters. The first kappa shape index (κ1) is 67.8. The molecule has 6 nitrogen and oxygen atoms in total. The van der Waals surface area contributed by atoms with E-state index in [-0.39, 0.29) is 11.5 Å². The maximum absolute atomic E-state index is 9.89. The second-order valence-electron chi connectivity index (χ2n) is 21.7. The Morgan fingerprint density at radius 1 is 0.434 bits per heavy atom. The molecule has 416 valence electrons. The van der Waals surface area contributed by atoms with Crippen LogP contribution in [0.3, 0.4) is 0 Å². The molecule has 7 aromatic rings. The SMILES string of the molecule is CC(C)c1ccc(N)cc1.CC(C)c1ccc(O)cc1.CC(C)c1cccc2ccccc12.CC(C)c1ccccc1.CCC(C)CCC(O)c1cc(O)cc(O)c1.CCCCC(C)C.COc1ccc(C(C)C)cc1. The van der Waals surface area contributed by atoms with Gasteiger partial charge in [-0.05, 0) is 147 Å². The molecule has 0 spiro atoms. The quantitative estimate of drug-likeness (QED) is 0.0693. The van der Waals surface area contributed by atoms with Gasteiger partial charge in [0.05, 0.1) is 13.2 Å². The normalized spacial score (nSPS) is 11.3. The van der Waals surface area contributed by atoms with Crippen molar-refractivity contribution in [2.24, 2.45) is 11.8 Å². The number of benzene rings is 7. The van der Waals surface area contributed by atoms with Gasteiger partial charge in [0.1, 0.15) is 23.0 Å². The number of ether oxygens (including phenoxy) is 1. The third-order valence-corrected chi connectivity index (χ3v) is 12.9. The largest absolute Gasteiger partial charge is 0.508 e. The Balaban J connectivity index is 0.000000449. The highest BCUT2D eigenvalue weighted by molar-refractivity contribution is 5.86. The lowest BCUT2D eigenvalue weighted by Gasteiger charge is -2.14. The van der Waals surface area contributed by atoms with Crippen LogP contribution in [0, 0.1) is 11.8 Å². The van der Waals surface area contributed by atoms with Crippen LogP contribution in [0.25, 0.3) is 10.8 Å². The molecule has 6 heteroatoms. The first-order chi connectivity index (χ1) is 36.0. The van der Waals surface area contributed by atoms with E-state index in [0.29, 0.717) is 53.2 Å². The minimum Gasteiger partial charge on any atom is -0.508 e. The van der Waals surface area contributed by atoms with Gasteiger partial charge in [-0.2, -0.15) is 0 Å². The molecule has 76 heavy (non-hydrogen) atoms. The second kappa shape index (κ2) is 38.3. The summed E-state index contributed by atoms with van der Waals surface area (Å²) in [5, 5.41) is 40.2. The predicted octanol–water partition coefficient (Wildman–Crippen LogP) is 20.3. The number of rotatable bonds is 14. The molecule has 0 radical (unpaired) electrons. The van der Waals surface area contributed by atoms with Gasteiger partial charge in [-0.3, -0.25) is 0 Å². The number of fused-ring (bicyclic) bond motifs is 1. The number of phenols is 3. The molecule has 0 saturated heterocycles. The molecule has 0 aliphatic rings. The van der Waals surface area contributed by atoms with E-state index in [1.807, 2.05) is 42.5 Å². The summed E-state index contributed by atoms with van der Waals surface area (Å²) in [5.74, 6) is 5.72. The summed E-state index contributed by atoms with van der Waals surface area (Å²) >= 11 is 0. The highest BCUT2D eigenvalue weighted by atomic mass is 16.5. The van der Waals surface area contributed by atoms with Gasteiger partial charge >= 0.3 is 0 Å². The number of aromatic hydroxyl groups is 3. The van der Waals surface area contributed by atoms with Crippen LogP contribution in [0.4, 0.5) is 5.69 Å². The van der Waals surface area contributed by atoms with Crippen LogP contribution in [-0.2, 0) is 0 Å². The van der Waals surface area contributed by atoms with E-state index in [4.69, 9.17) is 15.6 Å². The maximum atomic E-state index is 9.89. The van der Waals surface area contributed by atoms with Crippen molar-refractivity contribution in [1.82, 2.24) is 0 Å². The van der Waals surface area contributed by atoms with Gasteiger partial charge in [-0.15, -0.1) is 0 Å². The van der Waals surface area contributed by atoms with E-state index in [9.17, 15) is 15.3 Å². The Morgan fingerprint density at radius 3 is 1.30 bits per heavy atom. The van der Waals surface area contributed by atoms with E-state index in [0.717, 1.165) is 30.2 Å². The topological polar surface area (TPSA) is 116 Å². The van der Waals surface area contributed by atoms with Crippen molar-refractivity contribution in [3.05, 3.63) is 197 Å². The lowest BCUT2D eigenvalue weighted by atomic mass is 9.96. The molecule has 0 bridgehead atoms. The molecule has 0 fully saturated rings. The molecule has 2 unspecified atom stereocenters. The highest BCUT2D eigenvalue weighted by Gasteiger charge is 2.12. The Morgan fingerprint density at radius 2 is 0.882 bits per heavy atom. The van der Waals surface area contributed by atoms with Crippen LogP contribution < -0.4 is 10.5 Å². The number of aliphatic hydroxyl groups excluding tert-OH is 1. The monoisotopic (exact) mass is 1040 g/mol. The van der Waals surface area contributed by atoms with Gasteiger partial charge in [-0.25, -0.2) is 0 Å². The van der Waals surface area contributed by atoms with Gasteiger partial charge in [0.25, 0.3) is 0 Å². The van der Waals surface area contributed by atoms with E-state index in [2.05, 4.69) is 195 Å². The first-order valence-electron chi connectivity index (χ1n) is 28.0. The smallest absolute Gasteiger partial charge is 0.119 e. The van der Waals surface area contributed by atoms with Crippen molar-refractivity contribution in [2.75, 3.05) is 12.8 Å². The Bertz CT molecular complexity index is 2440. The number of phenolic OH excluding ortho intramolecular Hbond substituents is 3. The fourth-order valence-electron chi connectivity index (χ4n) is 7.56. The standard InChI is InChI=1S/C13H20O3.C13H14.C10H14O.C9H13N.C9H12O.C9H12.C7H16/c1-3-9(2)4-5-13(16)10-6-11(14)8-12(15)7-10;1-10(2)12-9-5-7-11-6-3-4-8-13(11)12;1-8(2)9-4-6-10(11-3)7-5-9;2*1-7(2)8-3-5-9(10)6-4-8;1-8(2)9-6-4-3-5-7-9;1-4-5-6-7(2)3/h6-9,13-16H,3-5H2,1-2H3;3-10H,1-2H3;4-8H,1-3H3;3-7H,10H2,1-2H3;3-7,10H,1-2H3;3-8H,1-2H3;7H,4-6H2,1-3H3. The van der Waals surface area contributed by atoms with Crippen molar-refractivity contribution in [3.63, 3.8) is 0 Å². The molecular formula is C70H101NO5. The summed E-state index contributed by atoms with van der Waals surface area (Å²) < 4.78 is 5.05. The summed E-state index contributed by atoms with van der Waals surface area (Å²) in [4.78, 5) is 0. The van der Waals surface area contributed by atoms with E-state index >= 15 is 0 Å². The van der Waals surface area contributed by atoms with Gasteiger partial charge in [0, 0.05) is 11.8 Å². The fraction of sp³-hybridized carbons (Fsp3) is 0.429. The van der Waals surface area contributed by atoms with Crippen molar-refractivity contribution >= 4 is 16.5 Å². The van der Waals surface area contributed by atoms with Gasteiger partial charge < -0.3 is 30.9 Å². The Kier molecular flexibility index (Phi) is 34.2. The molecule has 0 heterocycles. The van der Waals surface area contributed by atoms with E-state index in [1.54, 1.807) is 19.2 Å². The second-order valence-corrected chi connectivity index (χ2v) is 21.7. The number of aliphatic hydroxyl groups is 1. The number of nitrogens with two attached hydrogens (primary N) is 1. The zero-order chi connectivity index (χ0) is 57.2. The molecule has 0 aliphatic heterocycles. The van der Waals surface area contributed by atoms with Crippen molar-refractivity contribution in [2.45, 2.75) is 178 Å². The summed E-state index contributed by atoms with van der Waals surface area (Å²) in [7, 11) is 1.68. The average molecular weight is 1040 g/mol. The molecule has 0 amide bonds. The van der Waals surface area contributed by atoms with Crippen LogP contribution in [0.15, 0.2) is 164 Å². The van der Waals surface area contributed by atoms with Gasteiger partial charge in [0.2, 0.25) is 0 Å². The summed E-state index contributed by atoms with van der Waals surface area (Å²) in [5.41, 5.74) is 13.7. The summed E-state index contributed by atoms with van der Waals surface area (Å²) in [6, 6.07) is 53.4. The van der Waals surface area contributed by atoms with Crippen LogP contribution in [0.1, 0.15) is 211 Å². The van der Waals surface area contributed by atoms with Crippen LogP contribution >= 0.6 is 0 Å². The molecule has 0 aliphatic carbocycles. The van der Waals surface area contributed by atoms with E-state index < -0.39 is 6.10 Å². The van der Waals surface area contributed by atoms with Gasteiger partial charge in [0.15, 0.2) is 0 Å². The number of unbranched alkanes of at least 4 members (excludes halogenated alkanes) is 1. The highest BCUT2D eigenvalue weighted by Crippen LogP contribution is 2.29. The number of anilines is 1. The molecule has 6 N–H and O–H groups in total.